The van der Waals surface area contributed by atoms with Crippen molar-refractivity contribution in [3.8, 4) is 5.75 Å². The Labute approximate surface area is 161 Å². The summed E-state index contributed by atoms with van der Waals surface area (Å²) in [4.78, 5) is 12.1. The van der Waals surface area contributed by atoms with Gasteiger partial charge in [0.05, 0.1) is 0 Å². The van der Waals surface area contributed by atoms with Crippen molar-refractivity contribution >= 4 is 18.3 Å². The number of rotatable bonds is 7. The zero-order valence-electron chi connectivity index (χ0n) is 14.9. The van der Waals surface area contributed by atoms with Crippen molar-refractivity contribution in [1.29, 1.82) is 0 Å². The molecule has 3 N–H and O–H groups in total. The Morgan fingerprint density at radius 1 is 1.08 bits per heavy atom. The highest BCUT2D eigenvalue weighted by molar-refractivity contribution is 5.85. The van der Waals surface area contributed by atoms with E-state index in [2.05, 4.69) is 11.4 Å². The van der Waals surface area contributed by atoms with Gasteiger partial charge >= 0.3 is 0 Å². The molecule has 0 bridgehead atoms. The van der Waals surface area contributed by atoms with Gasteiger partial charge in [0.1, 0.15) is 12.4 Å². The molecule has 5 heteroatoms. The molecule has 1 aliphatic rings. The smallest absolute Gasteiger partial charge is 0.220 e. The lowest BCUT2D eigenvalue weighted by Crippen LogP contribution is -2.31. The number of para-hydroxylation sites is 1. The Bertz CT molecular complexity index is 693. The number of ether oxygens (including phenoxy) is 1. The summed E-state index contributed by atoms with van der Waals surface area (Å²) < 4.78 is 5.77. The summed E-state index contributed by atoms with van der Waals surface area (Å²) in [5, 5.41) is 3.01. The molecule has 0 unspecified atom stereocenters. The number of halogens is 1. The van der Waals surface area contributed by atoms with Crippen LogP contribution in [-0.4, -0.2) is 11.9 Å². The summed E-state index contributed by atoms with van der Waals surface area (Å²) >= 11 is 0. The van der Waals surface area contributed by atoms with Gasteiger partial charge in [-0.05, 0) is 42.0 Å². The van der Waals surface area contributed by atoms with Crippen molar-refractivity contribution in [3.05, 3.63) is 65.7 Å². The van der Waals surface area contributed by atoms with Gasteiger partial charge < -0.3 is 15.8 Å². The quantitative estimate of drug-likeness (QED) is 0.774. The molecule has 0 radical (unpaired) electrons. The zero-order valence-corrected chi connectivity index (χ0v) is 15.7. The van der Waals surface area contributed by atoms with E-state index in [0.29, 0.717) is 25.5 Å². The van der Waals surface area contributed by atoms with Crippen LogP contribution in [0.15, 0.2) is 54.6 Å². The fraction of sp³-hybridized carbons (Fsp3) is 0.381. The summed E-state index contributed by atoms with van der Waals surface area (Å²) in [6.07, 6.45) is 3.79. The van der Waals surface area contributed by atoms with Crippen LogP contribution in [0.25, 0.3) is 0 Å². The van der Waals surface area contributed by atoms with Crippen LogP contribution in [0.1, 0.15) is 36.8 Å². The molecule has 1 saturated carbocycles. The molecule has 140 valence electrons. The third-order valence-electron chi connectivity index (χ3n) is 4.80. The molecule has 1 fully saturated rings. The van der Waals surface area contributed by atoms with Gasteiger partial charge in [-0.3, -0.25) is 4.79 Å². The van der Waals surface area contributed by atoms with Crippen molar-refractivity contribution in [2.24, 2.45) is 11.7 Å². The van der Waals surface area contributed by atoms with E-state index < -0.39 is 0 Å². The summed E-state index contributed by atoms with van der Waals surface area (Å²) in [5.41, 5.74) is 8.21. The van der Waals surface area contributed by atoms with E-state index in [9.17, 15) is 4.79 Å². The Morgan fingerprint density at radius 3 is 2.58 bits per heavy atom. The number of hydrogen-bond donors (Lipinski definition) is 2. The molecule has 0 aliphatic heterocycles. The first-order valence-electron chi connectivity index (χ1n) is 8.98. The van der Waals surface area contributed by atoms with Crippen LogP contribution in [0.3, 0.4) is 0 Å². The van der Waals surface area contributed by atoms with Gasteiger partial charge in [-0.15, -0.1) is 12.4 Å². The van der Waals surface area contributed by atoms with E-state index in [-0.39, 0.29) is 24.4 Å². The zero-order chi connectivity index (χ0) is 17.5. The predicted octanol–water partition coefficient (Wildman–Crippen LogP) is 3.82. The van der Waals surface area contributed by atoms with Crippen molar-refractivity contribution < 1.29 is 9.53 Å². The lowest BCUT2D eigenvalue weighted by molar-refractivity contribution is -0.122. The molecule has 1 aliphatic carbocycles. The summed E-state index contributed by atoms with van der Waals surface area (Å²) in [7, 11) is 0. The van der Waals surface area contributed by atoms with Crippen LogP contribution in [-0.2, 0) is 17.9 Å². The minimum Gasteiger partial charge on any atom is -0.489 e. The van der Waals surface area contributed by atoms with Gasteiger partial charge in [0.15, 0.2) is 0 Å². The van der Waals surface area contributed by atoms with Gasteiger partial charge in [-0.1, -0.05) is 48.9 Å². The average Bonchev–Trinajstić information content (AvgIpc) is 3.04. The van der Waals surface area contributed by atoms with Gasteiger partial charge in [0, 0.05) is 19.0 Å². The van der Waals surface area contributed by atoms with Gasteiger partial charge in [-0.25, -0.2) is 0 Å². The van der Waals surface area contributed by atoms with E-state index in [1.807, 2.05) is 48.5 Å². The molecule has 2 atom stereocenters. The van der Waals surface area contributed by atoms with Crippen LogP contribution in [0.2, 0.25) is 0 Å². The largest absolute Gasteiger partial charge is 0.489 e. The van der Waals surface area contributed by atoms with Gasteiger partial charge in [0.2, 0.25) is 5.91 Å². The molecule has 0 heterocycles. The molecule has 4 nitrogen and oxygen atoms in total. The predicted molar refractivity (Wildman–Crippen MR) is 106 cm³/mol. The second kappa shape index (κ2) is 10.2. The molecule has 2 aromatic rings. The maximum Gasteiger partial charge on any atom is 0.220 e. The van der Waals surface area contributed by atoms with Crippen LogP contribution >= 0.6 is 12.4 Å². The number of nitrogens with two attached hydrogens (primary N) is 1. The lowest BCUT2D eigenvalue weighted by atomic mass is 10.00. The Kier molecular flexibility index (Phi) is 7.95. The third-order valence-corrected chi connectivity index (χ3v) is 4.80. The highest BCUT2D eigenvalue weighted by Crippen LogP contribution is 2.26. The fourth-order valence-corrected chi connectivity index (χ4v) is 3.34. The molecule has 3 rings (SSSR count). The molecule has 0 saturated heterocycles. The summed E-state index contributed by atoms with van der Waals surface area (Å²) in [5.74, 6) is 1.29. The summed E-state index contributed by atoms with van der Waals surface area (Å²) in [6.45, 7) is 1.06. The first kappa shape index (κ1) is 20.3. The van der Waals surface area contributed by atoms with E-state index in [4.69, 9.17) is 10.5 Å². The Hall–Kier alpha value is -2.04. The van der Waals surface area contributed by atoms with Crippen molar-refractivity contribution in [1.82, 2.24) is 5.32 Å². The molecular weight excluding hydrogens is 348 g/mol. The maximum atomic E-state index is 12.1. The summed E-state index contributed by atoms with van der Waals surface area (Å²) in [6, 6.07) is 18.1. The number of benzene rings is 2. The molecule has 2 aromatic carbocycles. The first-order valence-corrected chi connectivity index (χ1v) is 8.98. The lowest BCUT2D eigenvalue weighted by Gasteiger charge is -2.15. The van der Waals surface area contributed by atoms with Crippen LogP contribution in [0, 0.1) is 5.92 Å². The van der Waals surface area contributed by atoms with Crippen LogP contribution in [0.4, 0.5) is 0 Å². The van der Waals surface area contributed by atoms with Crippen LogP contribution in [0.5, 0.6) is 5.75 Å². The fourth-order valence-electron chi connectivity index (χ4n) is 3.34. The van der Waals surface area contributed by atoms with Crippen molar-refractivity contribution in [2.45, 2.75) is 44.9 Å². The molecule has 1 amide bonds. The van der Waals surface area contributed by atoms with E-state index in [1.165, 1.54) is 0 Å². The highest BCUT2D eigenvalue weighted by Gasteiger charge is 2.25. The first-order chi connectivity index (χ1) is 12.2. The Morgan fingerprint density at radius 2 is 1.85 bits per heavy atom. The average molecular weight is 375 g/mol. The molecule has 0 spiro atoms. The molecule has 26 heavy (non-hydrogen) atoms. The number of hydrogen-bond acceptors (Lipinski definition) is 3. The maximum absolute atomic E-state index is 12.1. The minimum atomic E-state index is 0. The monoisotopic (exact) mass is 374 g/mol. The SMILES string of the molecule is Cl.N[C@@H]1CCC[C@H]1CC(=O)NCc1cccc(COc2ccccc2)c1. The van der Waals surface area contributed by atoms with E-state index in [0.717, 1.165) is 36.1 Å². The van der Waals surface area contributed by atoms with Gasteiger partial charge in [0.25, 0.3) is 0 Å². The number of carbonyl (C=O) groups is 1. The molecular formula is C21H27ClN2O2. The van der Waals surface area contributed by atoms with E-state index in [1.54, 1.807) is 0 Å². The third kappa shape index (κ3) is 6.04. The second-order valence-corrected chi connectivity index (χ2v) is 6.76. The minimum absolute atomic E-state index is 0. The molecule has 0 aromatic heterocycles. The van der Waals surface area contributed by atoms with Crippen molar-refractivity contribution in [3.63, 3.8) is 0 Å². The second-order valence-electron chi connectivity index (χ2n) is 6.76. The number of carbonyl (C=O) groups excluding carboxylic acids is 1. The highest BCUT2D eigenvalue weighted by atomic mass is 35.5. The van der Waals surface area contributed by atoms with E-state index >= 15 is 0 Å². The Balaban J connectivity index is 0.00000243. The number of nitrogens with one attached hydrogen (secondary N) is 1. The standard InChI is InChI=1S/C21H26N2O2.ClH/c22-20-11-5-8-18(20)13-21(24)23-14-16-6-4-7-17(12-16)15-25-19-9-2-1-3-10-19;/h1-4,6-7,9-10,12,18,20H,5,8,11,13-15,22H2,(H,23,24);1H/t18-,20+;/m0./s1. The van der Waals surface area contributed by atoms with Crippen molar-refractivity contribution in [2.75, 3.05) is 0 Å². The topological polar surface area (TPSA) is 64.4 Å². The normalized spacial score (nSPS) is 18.8. The van der Waals surface area contributed by atoms with Crippen LogP contribution < -0.4 is 15.8 Å². The number of amides is 1. The van der Waals surface area contributed by atoms with Gasteiger partial charge in [-0.2, -0.15) is 0 Å².